The Morgan fingerprint density at radius 3 is 2.50 bits per heavy atom. The van der Waals surface area contributed by atoms with Crippen molar-refractivity contribution in [1.29, 1.82) is 0 Å². The second-order valence-corrected chi connectivity index (χ2v) is 7.03. The smallest absolute Gasteiger partial charge is 0.257 e. The molecular formula is C20H17ClN4O3. The largest absolute Gasteiger partial charge is 0.349 e. The molecule has 1 aliphatic carbocycles. The number of rotatable bonds is 5. The van der Waals surface area contributed by atoms with Gasteiger partial charge in [0.2, 0.25) is 0 Å². The maximum atomic E-state index is 12.5. The Kier molecular flexibility index (Phi) is 4.83. The average molecular weight is 397 g/mol. The number of benzene rings is 2. The molecule has 2 aromatic carbocycles. The minimum atomic E-state index is -0.302. The molecule has 8 heteroatoms. The molecular weight excluding hydrogens is 380 g/mol. The third-order valence-corrected chi connectivity index (χ3v) is 4.63. The highest BCUT2D eigenvalue weighted by Gasteiger charge is 2.25. The average Bonchev–Trinajstić information content (AvgIpc) is 3.40. The van der Waals surface area contributed by atoms with E-state index in [4.69, 9.17) is 16.1 Å². The Morgan fingerprint density at radius 2 is 1.86 bits per heavy atom. The first-order valence-corrected chi connectivity index (χ1v) is 9.20. The Bertz CT molecular complexity index is 1040. The molecule has 0 unspecified atom stereocenters. The predicted molar refractivity (Wildman–Crippen MR) is 104 cm³/mol. The van der Waals surface area contributed by atoms with Crippen LogP contribution in [-0.4, -0.2) is 28.0 Å². The van der Waals surface area contributed by atoms with Gasteiger partial charge in [0, 0.05) is 22.9 Å². The van der Waals surface area contributed by atoms with Gasteiger partial charge >= 0.3 is 0 Å². The number of anilines is 1. The zero-order valence-corrected chi connectivity index (χ0v) is 15.8. The summed E-state index contributed by atoms with van der Waals surface area (Å²) in [5, 5.41) is 9.77. The van der Waals surface area contributed by atoms with Crippen molar-refractivity contribution in [2.45, 2.75) is 25.8 Å². The van der Waals surface area contributed by atoms with Crippen LogP contribution >= 0.6 is 11.6 Å². The van der Waals surface area contributed by atoms with Crippen LogP contribution in [0.5, 0.6) is 0 Å². The number of carbonyl (C=O) groups is 2. The van der Waals surface area contributed by atoms with Crippen molar-refractivity contribution < 1.29 is 14.1 Å². The molecule has 28 heavy (non-hydrogen) atoms. The maximum Gasteiger partial charge on any atom is 0.257 e. The van der Waals surface area contributed by atoms with Crippen LogP contribution in [0.25, 0.3) is 11.5 Å². The zero-order valence-electron chi connectivity index (χ0n) is 15.0. The van der Waals surface area contributed by atoms with Gasteiger partial charge in [0.05, 0.1) is 10.6 Å². The number of hydrogen-bond acceptors (Lipinski definition) is 5. The Morgan fingerprint density at radius 1 is 1.11 bits per heavy atom. The number of carbonyl (C=O) groups excluding carboxylic acids is 2. The van der Waals surface area contributed by atoms with E-state index in [1.807, 2.05) is 0 Å². The lowest BCUT2D eigenvalue weighted by atomic mass is 10.1. The molecule has 0 bridgehead atoms. The van der Waals surface area contributed by atoms with Crippen molar-refractivity contribution in [1.82, 2.24) is 15.5 Å². The number of nitrogens with one attached hydrogen (secondary N) is 2. The molecule has 1 aromatic heterocycles. The van der Waals surface area contributed by atoms with Crippen molar-refractivity contribution in [3.05, 3.63) is 64.4 Å². The van der Waals surface area contributed by atoms with Gasteiger partial charge in [-0.2, -0.15) is 4.98 Å². The van der Waals surface area contributed by atoms with Crippen LogP contribution < -0.4 is 10.6 Å². The van der Waals surface area contributed by atoms with Gasteiger partial charge in [-0.05, 0) is 62.2 Å². The van der Waals surface area contributed by atoms with Crippen molar-refractivity contribution >= 4 is 29.1 Å². The number of aromatic nitrogens is 2. The minimum Gasteiger partial charge on any atom is -0.349 e. The predicted octanol–water partition coefficient (Wildman–Crippen LogP) is 3.84. The van der Waals surface area contributed by atoms with E-state index in [-0.39, 0.29) is 17.9 Å². The van der Waals surface area contributed by atoms with Gasteiger partial charge in [0.25, 0.3) is 17.7 Å². The monoisotopic (exact) mass is 396 g/mol. The van der Waals surface area contributed by atoms with Gasteiger partial charge < -0.3 is 15.2 Å². The summed E-state index contributed by atoms with van der Waals surface area (Å²) in [4.78, 5) is 28.9. The minimum absolute atomic E-state index is 0.225. The molecule has 0 spiro atoms. The quantitative estimate of drug-likeness (QED) is 0.682. The van der Waals surface area contributed by atoms with Crippen LogP contribution in [0, 0.1) is 6.92 Å². The number of halogens is 1. The van der Waals surface area contributed by atoms with E-state index in [2.05, 4.69) is 20.8 Å². The first-order valence-electron chi connectivity index (χ1n) is 8.82. The third kappa shape index (κ3) is 4.04. The summed E-state index contributed by atoms with van der Waals surface area (Å²) >= 11 is 6.13. The highest BCUT2D eigenvalue weighted by atomic mass is 35.5. The van der Waals surface area contributed by atoms with Crippen LogP contribution in [-0.2, 0) is 0 Å². The molecule has 7 nitrogen and oxygen atoms in total. The number of amides is 2. The molecule has 0 atom stereocenters. The van der Waals surface area contributed by atoms with Crippen molar-refractivity contribution in [3.8, 4) is 11.5 Å². The van der Waals surface area contributed by atoms with Crippen LogP contribution in [0.1, 0.15) is 39.4 Å². The Hall–Kier alpha value is -3.19. The first kappa shape index (κ1) is 18.2. The van der Waals surface area contributed by atoms with Crippen molar-refractivity contribution in [3.63, 3.8) is 0 Å². The van der Waals surface area contributed by atoms with E-state index >= 15 is 0 Å². The van der Waals surface area contributed by atoms with E-state index in [0.717, 1.165) is 18.4 Å². The molecule has 1 aliphatic rings. The Labute approximate surface area is 166 Å². The van der Waals surface area contributed by atoms with Gasteiger partial charge in [-0.15, -0.1) is 0 Å². The lowest BCUT2D eigenvalue weighted by Crippen LogP contribution is -2.25. The second-order valence-electron chi connectivity index (χ2n) is 6.62. The van der Waals surface area contributed by atoms with E-state index < -0.39 is 0 Å². The fourth-order valence-electron chi connectivity index (χ4n) is 2.65. The van der Waals surface area contributed by atoms with Gasteiger partial charge in [0.1, 0.15) is 0 Å². The molecule has 1 saturated carbocycles. The van der Waals surface area contributed by atoms with Crippen molar-refractivity contribution in [2.24, 2.45) is 0 Å². The lowest BCUT2D eigenvalue weighted by molar-refractivity contribution is 0.0949. The molecule has 2 amide bonds. The molecule has 0 aliphatic heterocycles. The van der Waals surface area contributed by atoms with E-state index in [9.17, 15) is 9.59 Å². The van der Waals surface area contributed by atoms with Gasteiger partial charge in [-0.25, -0.2) is 0 Å². The number of aryl methyl sites for hydroxylation is 1. The van der Waals surface area contributed by atoms with Gasteiger partial charge in [0.15, 0.2) is 5.82 Å². The maximum absolute atomic E-state index is 12.5. The van der Waals surface area contributed by atoms with Crippen LogP contribution in [0.4, 0.5) is 5.69 Å². The van der Waals surface area contributed by atoms with Crippen LogP contribution in [0.15, 0.2) is 47.0 Å². The molecule has 4 rings (SSSR count). The molecule has 1 fully saturated rings. The molecule has 1 heterocycles. The molecule has 0 saturated heterocycles. The van der Waals surface area contributed by atoms with E-state index in [1.165, 1.54) is 0 Å². The number of hydrogen-bond donors (Lipinski definition) is 2. The fraction of sp³-hybridized carbons (Fsp3) is 0.200. The summed E-state index contributed by atoms with van der Waals surface area (Å²) in [6, 6.07) is 11.9. The van der Waals surface area contributed by atoms with Crippen LogP contribution in [0.2, 0.25) is 5.02 Å². The highest BCUT2D eigenvalue weighted by Crippen LogP contribution is 2.24. The third-order valence-electron chi connectivity index (χ3n) is 4.30. The lowest BCUT2D eigenvalue weighted by Gasteiger charge is -2.10. The SMILES string of the molecule is Cc1noc(-c2ccc(C(=O)Nc3ccc(Cl)c(C(=O)NC4CC4)c3)cc2)n1. The van der Waals surface area contributed by atoms with Gasteiger partial charge in [-0.1, -0.05) is 16.8 Å². The summed E-state index contributed by atoms with van der Waals surface area (Å²) < 4.78 is 5.11. The van der Waals surface area contributed by atoms with E-state index in [1.54, 1.807) is 49.4 Å². The first-order chi connectivity index (χ1) is 13.5. The molecule has 2 N–H and O–H groups in total. The standard InChI is InChI=1S/C20H17ClN4O3/c1-11-22-20(28-25-11)13-4-2-12(3-5-13)18(26)24-15-8-9-17(21)16(10-15)19(27)23-14-6-7-14/h2-5,8-10,14H,6-7H2,1H3,(H,23,27)(H,24,26). The molecule has 0 radical (unpaired) electrons. The molecule has 3 aromatic rings. The second kappa shape index (κ2) is 7.44. The summed E-state index contributed by atoms with van der Waals surface area (Å²) in [5.41, 5.74) is 2.02. The molecule has 142 valence electrons. The normalized spacial score (nSPS) is 13.2. The highest BCUT2D eigenvalue weighted by molar-refractivity contribution is 6.34. The van der Waals surface area contributed by atoms with Gasteiger partial charge in [-0.3, -0.25) is 9.59 Å². The summed E-state index contributed by atoms with van der Waals surface area (Å²) in [5.74, 6) is 0.404. The summed E-state index contributed by atoms with van der Waals surface area (Å²) in [6.45, 7) is 1.74. The van der Waals surface area contributed by atoms with Crippen LogP contribution in [0.3, 0.4) is 0 Å². The Balaban J connectivity index is 1.47. The topological polar surface area (TPSA) is 97.1 Å². The fourth-order valence-corrected chi connectivity index (χ4v) is 2.85. The zero-order chi connectivity index (χ0) is 19.7. The van der Waals surface area contributed by atoms with E-state index in [0.29, 0.717) is 33.6 Å². The summed E-state index contributed by atoms with van der Waals surface area (Å²) in [7, 11) is 0. The van der Waals surface area contributed by atoms with Crippen molar-refractivity contribution in [2.75, 3.05) is 5.32 Å². The summed E-state index contributed by atoms with van der Waals surface area (Å²) in [6.07, 6.45) is 1.97. The number of nitrogens with zero attached hydrogens (tertiary/aromatic N) is 2.